The van der Waals surface area contributed by atoms with Crippen LogP contribution >= 0.6 is 22.6 Å². The van der Waals surface area contributed by atoms with Crippen LogP contribution in [0.5, 0.6) is 0 Å². The molecule has 4 heteroatoms. The van der Waals surface area contributed by atoms with E-state index in [0.717, 1.165) is 12.7 Å². The van der Waals surface area contributed by atoms with Gasteiger partial charge in [0.25, 0.3) is 0 Å². The van der Waals surface area contributed by atoms with Gasteiger partial charge in [0.1, 0.15) is 11.9 Å². The van der Waals surface area contributed by atoms with Gasteiger partial charge < -0.3 is 9.53 Å². The van der Waals surface area contributed by atoms with Crippen LogP contribution in [0.3, 0.4) is 0 Å². The van der Waals surface area contributed by atoms with Gasteiger partial charge in [-0.3, -0.25) is 4.79 Å². The lowest BCUT2D eigenvalue weighted by atomic mass is 10.0. The molecule has 0 saturated heterocycles. The van der Waals surface area contributed by atoms with Gasteiger partial charge in [-0.2, -0.15) is 0 Å². The number of hydrogen-bond acceptors (Lipinski definition) is 3. The zero-order valence-electron chi connectivity index (χ0n) is 9.75. The topological polar surface area (TPSA) is 43.4 Å². The van der Waals surface area contributed by atoms with E-state index in [1.54, 1.807) is 0 Å². The summed E-state index contributed by atoms with van der Waals surface area (Å²) in [5.74, 6) is -0.511. The molecule has 0 aromatic heterocycles. The van der Waals surface area contributed by atoms with E-state index in [1.165, 1.54) is 0 Å². The van der Waals surface area contributed by atoms with Crippen LogP contribution in [-0.2, 0) is 14.3 Å². The number of aldehydes is 1. The highest BCUT2D eigenvalue weighted by Crippen LogP contribution is 2.17. The third-order valence-corrected chi connectivity index (χ3v) is 2.18. The lowest BCUT2D eigenvalue weighted by molar-refractivity contribution is -0.156. The number of ether oxygens (including phenoxy) is 1. The van der Waals surface area contributed by atoms with Crippen molar-refractivity contribution in [3.05, 3.63) is 0 Å². The Bertz CT molecular complexity index is 218. The summed E-state index contributed by atoms with van der Waals surface area (Å²) in [6.45, 7) is 7.48. The molecule has 2 atom stereocenters. The maximum atomic E-state index is 11.4. The van der Waals surface area contributed by atoms with Gasteiger partial charge >= 0.3 is 5.97 Å². The van der Waals surface area contributed by atoms with Crippen molar-refractivity contribution in [3.8, 4) is 0 Å². The van der Waals surface area contributed by atoms with E-state index in [9.17, 15) is 9.59 Å². The zero-order chi connectivity index (χ0) is 12.1. The molecule has 0 N–H and O–H groups in total. The summed E-state index contributed by atoms with van der Waals surface area (Å²) >= 11 is 2.24. The van der Waals surface area contributed by atoms with Crippen molar-refractivity contribution in [1.82, 2.24) is 0 Å². The molecule has 0 fully saturated rings. The van der Waals surface area contributed by atoms with E-state index in [0.29, 0.717) is 3.92 Å². The van der Waals surface area contributed by atoms with Crippen LogP contribution < -0.4 is 0 Å². The first-order valence-corrected chi connectivity index (χ1v) is 6.30. The molecule has 0 heterocycles. The molecule has 0 aliphatic carbocycles. The first-order valence-electron chi connectivity index (χ1n) is 5.06. The van der Waals surface area contributed by atoms with Crippen LogP contribution in [0.25, 0.3) is 0 Å². The molecule has 0 spiro atoms. The highest BCUT2D eigenvalue weighted by atomic mass is 127. The second-order valence-electron chi connectivity index (χ2n) is 4.70. The smallest absolute Gasteiger partial charge is 0.307 e. The average Bonchev–Trinajstić information content (AvgIpc) is 1.98. The van der Waals surface area contributed by atoms with Gasteiger partial charge in [0.15, 0.2) is 0 Å². The van der Waals surface area contributed by atoms with E-state index in [-0.39, 0.29) is 18.3 Å². The van der Waals surface area contributed by atoms with Gasteiger partial charge in [-0.15, -0.1) is 0 Å². The fourth-order valence-corrected chi connectivity index (χ4v) is 1.85. The number of alkyl halides is 1. The second-order valence-corrected chi connectivity index (χ2v) is 6.83. The number of halogens is 1. The molecule has 88 valence electrons. The van der Waals surface area contributed by atoms with Crippen molar-refractivity contribution < 1.29 is 14.3 Å². The standard InChI is InChI=1S/C11H19IO3/c1-8(12)5-9(7-13)6-10(14)15-11(2,3)4/h7-9H,5-6H2,1-4H3. The minimum atomic E-state index is -0.472. The van der Waals surface area contributed by atoms with Gasteiger partial charge in [0, 0.05) is 9.84 Å². The van der Waals surface area contributed by atoms with E-state index < -0.39 is 5.60 Å². The molecule has 15 heavy (non-hydrogen) atoms. The Labute approximate surface area is 105 Å². The Kier molecular flexibility index (Phi) is 6.40. The Balaban J connectivity index is 4.08. The number of rotatable bonds is 5. The van der Waals surface area contributed by atoms with Crippen LogP contribution in [0, 0.1) is 5.92 Å². The molecule has 0 aromatic carbocycles. The molecule has 0 saturated carbocycles. The molecule has 0 rings (SSSR count). The van der Waals surface area contributed by atoms with Crippen molar-refractivity contribution in [2.24, 2.45) is 5.92 Å². The van der Waals surface area contributed by atoms with Crippen molar-refractivity contribution >= 4 is 34.8 Å². The summed E-state index contributed by atoms with van der Waals surface area (Å²) < 4.78 is 5.54. The quantitative estimate of drug-likeness (QED) is 0.338. The summed E-state index contributed by atoms with van der Waals surface area (Å²) in [6, 6.07) is 0. The fraction of sp³-hybridized carbons (Fsp3) is 0.818. The number of hydrogen-bond donors (Lipinski definition) is 0. The van der Waals surface area contributed by atoms with Gasteiger partial charge in [-0.05, 0) is 27.2 Å². The summed E-state index contributed by atoms with van der Waals surface area (Å²) in [5.41, 5.74) is -0.472. The minimum absolute atomic E-state index is 0.189. The molecule has 0 amide bonds. The van der Waals surface area contributed by atoms with Gasteiger partial charge in [-0.1, -0.05) is 29.5 Å². The van der Waals surface area contributed by atoms with Crippen LogP contribution in [0.2, 0.25) is 0 Å². The van der Waals surface area contributed by atoms with Crippen LogP contribution in [-0.4, -0.2) is 21.8 Å². The molecule has 3 nitrogen and oxygen atoms in total. The van der Waals surface area contributed by atoms with E-state index in [4.69, 9.17) is 4.74 Å². The predicted octanol–water partition coefficient (Wildman–Crippen LogP) is 2.75. The summed E-state index contributed by atoms with van der Waals surface area (Å²) in [5, 5.41) is 0. The molecule has 0 aromatic rings. The Morgan fingerprint density at radius 2 is 2.00 bits per heavy atom. The highest BCUT2D eigenvalue weighted by molar-refractivity contribution is 14.1. The third-order valence-electron chi connectivity index (χ3n) is 1.67. The number of esters is 1. The molecule has 0 bridgehead atoms. The summed E-state index contributed by atoms with van der Waals surface area (Å²) in [4.78, 5) is 22.2. The predicted molar refractivity (Wildman–Crippen MR) is 68.1 cm³/mol. The molecular formula is C11H19IO3. The average molecular weight is 326 g/mol. The van der Waals surface area contributed by atoms with E-state index in [2.05, 4.69) is 22.6 Å². The van der Waals surface area contributed by atoms with Gasteiger partial charge in [-0.25, -0.2) is 0 Å². The fourth-order valence-electron chi connectivity index (χ4n) is 1.20. The lowest BCUT2D eigenvalue weighted by Crippen LogP contribution is -2.26. The van der Waals surface area contributed by atoms with E-state index >= 15 is 0 Å². The van der Waals surface area contributed by atoms with Crippen LogP contribution in [0.4, 0.5) is 0 Å². The largest absolute Gasteiger partial charge is 0.460 e. The minimum Gasteiger partial charge on any atom is -0.460 e. The maximum absolute atomic E-state index is 11.4. The Hall–Kier alpha value is -0.130. The molecule has 2 unspecified atom stereocenters. The van der Waals surface area contributed by atoms with Crippen molar-refractivity contribution in [2.45, 2.75) is 50.1 Å². The molecule has 0 aliphatic heterocycles. The summed E-state index contributed by atoms with van der Waals surface area (Å²) in [7, 11) is 0. The Morgan fingerprint density at radius 3 is 2.33 bits per heavy atom. The second kappa shape index (κ2) is 6.45. The number of carbonyl (C=O) groups excluding carboxylic acids is 2. The molecular weight excluding hydrogens is 307 g/mol. The normalized spacial score (nSPS) is 15.5. The van der Waals surface area contributed by atoms with Crippen molar-refractivity contribution in [2.75, 3.05) is 0 Å². The van der Waals surface area contributed by atoms with Crippen molar-refractivity contribution in [3.63, 3.8) is 0 Å². The molecule has 0 radical (unpaired) electrons. The van der Waals surface area contributed by atoms with Gasteiger partial charge in [0.05, 0.1) is 6.42 Å². The molecule has 0 aliphatic rings. The van der Waals surface area contributed by atoms with Crippen LogP contribution in [0.1, 0.15) is 40.5 Å². The lowest BCUT2D eigenvalue weighted by Gasteiger charge is -2.20. The van der Waals surface area contributed by atoms with Crippen molar-refractivity contribution in [1.29, 1.82) is 0 Å². The zero-order valence-corrected chi connectivity index (χ0v) is 11.9. The van der Waals surface area contributed by atoms with Crippen LogP contribution in [0.15, 0.2) is 0 Å². The SMILES string of the molecule is CC(I)CC(C=O)CC(=O)OC(C)(C)C. The van der Waals surface area contributed by atoms with Gasteiger partial charge in [0.2, 0.25) is 0 Å². The number of carbonyl (C=O) groups is 2. The van der Waals surface area contributed by atoms with E-state index in [1.807, 2.05) is 27.7 Å². The third kappa shape index (κ3) is 8.84. The highest BCUT2D eigenvalue weighted by Gasteiger charge is 2.20. The monoisotopic (exact) mass is 326 g/mol. The first kappa shape index (κ1) is 14.9. The maximum Gasteiger partial charge on any atom is 0.307 e. The Morgan fingerprint density at radius 1 is 1.47 bits per heavy atom. The first-order chi connectivity index (χ1) is 6.74. The summed E-state index contributed by atoms with van der Waals surface area (Å²) in [6.07, 6.45) is 1.76.